The lowest BCUT2D eigenvalue weighted by Crippen LogP contribution is -2.48. The number of nitrogens with zero attached hydrogens (tertiary/aromatic N) is 1. The first kappa shape index (κ1) is 15.4. The quantitative estimate of drug-likeness (QED) is 0.627. The predicted molar refractivity (Wildman–Crippen MR) is 70.4 cm³/mol. The highest BCUT2D eigenvalue weighted by molar-refractivity contribution is 5.78. The van der Waals surface area contributed by atoms with Crippen LogP contribution in [0.4, 0.5) is 0 Å². The highest BCUT2D eigenvalue weighted by Crippen LogP contribution is 2.24. The smallest absolute Gasteiger partial charge is 0.234 e. The second kappa shape index (κ2) is 8.45. The number of rotatable bonds is 9. The number of carbonyl (C=O) groups is 1. The Morgan fingerprint density at radius 3 is 2.78 bits per heavy atom. The molecule has 0 aromatic carbocycles. The summed E-state index contributed by atoms with van der Waals surface area (Å²) in [6.07, 6.45) is 4.33. The van der Waals surface area contributed by atoms with E-state index in [1.54, 1.807) is 7.11 Å². The van der Waals surface area contributed by atoms with Gasteiger partial charge in [-0.05, 0) is 26.2 Å². The molecule has 0 aromatic heterocycles. The van der Waals surface area contributed by atoms with Gasteiger partial charge in [0.25, 0.3) is 0 Å². The SMILES string of the molecule is COCC(C)NC(=O)CN(CCCO)C1CCC1. The molecule has 1 aliphatic rings. The maximum atomic E-state index is 11.9. The minimum Gasteiger partial charge on any atom is -0.396 e. The number of hydrogen-bond acceptors (Lipinski definition) is 4. The summed E-state index contributed by atoms with van der Waals surface area (Å²) in [5.74, 6) is 0.0457. The van der Waals surface area contributed by atoms with Crippen LogP contribution in [0.25, 0.3) is 0 Å². The van der Waals surface area contributed by atoms with Gasteiger partial charge in [0.2, 0.25) is 5.91 Å². The van der Waals surface area contributed by atoms with Gasteiger partial charge in [0.15, 0.2) is 0 Å². The van der Waals surface area contributed by atoms with E-state index in [2.05, 4.69) is 10.2 Å². The second-order valence-electron chi connectivity index (χ2n) is 5.06. The average molecular weight is 258 g/mol. The van der Waals surface area contributed by atoms with Gasteiger partial charge in [-0.2, -0.15) is 0 Å². The Morgan fingerprint density at radius 1 is 1.56 bits per heavy atom. The van der Waals surface area contributed by atoms with Crippen LogP contribution in [0.2, 0.25) is 0 Å². The number of hydrogen-bond donors (Lipinski definition) is 2. The molecular weight excluding hydrogens is 232 g/mol. The number of aliphatic hydroxyl groups is 1. The van der Waals surface area contributed by atoms with Crippen LogP contribution in [0, 0.1) is 0 Å². The maximum Gasteiger partial charge on any atom is 0.234 e. The van der Waals surface area contributed by atoms with Crippen molar-refractivity contribution < 1.29 is 14.6 Å². The summed E-state index contributed by atoms with van der Waals surface area (Å²) < 4.78 is 4.99. The third-order valence-corrected chi connectivity index (χ3v) is 3.37. The number of carbonyl (C=O) groups excluding carboxylic acids is 1. The van der Waals surface area contributed by atoms with Crippen molar-refractivity contribution in [3.05, 3.63) is 0 Å². The fourth-order valence-corrected chi connectivity index (χ4v) is 2.21. The van der Waals surface area contributed by atoms with E-state index in [4.69, 9.17) is 9.84 Å². The molecule has 0 radical (unpaired) electrons. The van der Waals surface area contributed by atoms with Crippen molar-refractivity contribution in [2.45, 2.75) is 44.7 Å². The molecule has 0 aliphatic heterocycles. The van der Waals surface area contributed by atoms with Crippen molar-refractivity contribution in [3.8, 4) is 0 Å². The fraction of sp³-hybridized carbons (Fsp3) is 0.923. The van der Waals surface area contributed by atoms with Gasteiger partial charge in [0, 0.05) is 32.3 Å². The zero-order valence-corrected chi connectivity index (χ0v) is 11.5. The van der Waals surface area contributed by atoms with E-state index >= 15 is 0 Å². The van der Waals surface area contributed by atoms with E-state index in [1.165, 1.54) is 19.3 Å². The molecule has 1 aliphatic carbocycles. The lowest BCUT2D eigenvalue weighted by Gasteiger charge is -2.37. The molecule has 0 spiro atoms. The molecule has 0 bridgehead atoms. The Balaban J connectivity index is 2.31. The molecule has 1 amide bonds. The predicted octanol–water partition coefficient (Wildman–Crippen LogP) is 0.374. The van der Waals surface area contributed by atoms with E-state index < -0.39 is 0 Å². The summed E-state index contributed by atoms with van der Waals surface area (Å²) in [4.78, 5) is 14.1. The van der Waals surface area contributed by atoms with Gasteiger partial charge in [-0.3, -0.25) is 9.69 Å². The highest BCUT2D eigenvalue weighted by Gasteiger charge is 2.26. The van der Waals surface area contributed by atoms with Crippen molar-refractivity contribution in [1.82, 2.24) is 10.2 Å². The van der Waals surface area contributed by atoms with Gasteiger partial charge >= 0.3 is 0 Å². The molecule has 106 valence electrons. The third kappa shape index (κ3) is 5.33. The van der Waals surface area contributed by atoms with E-state index in [1.807, 2.05) is 6.92 Å². The van der Waals surface area contributed by atoms with Gasteiger partial charge < -0.3 is 15.2 Å². The number of amides is 1. The lowest BCUT2D eigenvalue weighted by molar-refractivity contribution is -0.124. The maximum absolute atomic E-state index is 11.9. The van der Waals surface area contributed by atoms with Crippen LogP contribution in [0.1, 0.15) is 32.6 Å². The first-order chi connectivity index (χ1) is 8.67. The van der Waals surface area contributed by atoms with Crippen molar-refractivity contribution in [2.75, 3.05) is 33.4 Å². The Bertz CT molecular complexity index is 244. The first-order valence-electron chi connectivity index (χ1n) is 6.80. The molecule has 1 unspecified atom stereocenters. The third-order valence-electron chi connectivity index (χ3n) is 3.37. The molecular formula is C13H26N2O3. The lowest BCUT2D eigenvalue weighted by atomic mass is 9.91. The van der Waals surface area contributed by atoms with Crippen LogP contribution >= 0.6 is 0 Å². The zero-order valence-electron chi connectivity index (χ0n) is 11.5. The Morgan fingerprint density at radius 2 is 2.28 bits per heavy atom. The molecule has 1 rings (SSSR count). The standard InChI is InChI=1S/C13H26N2O3/c1-11(10-18-2)14-13(17)9-15(7-4-8-16)12-5-3-6-12/h11-12,16H,3-10H2,1-2H3,(H,14,17). The summed E-state index contributed by atoms with van der Waals surface area (Å²) in [6, 6.07) is 0.573. The second-order valence-corrected chi connectivity index (χ2v) is 5.06. The summed E-state index contributed by atoms with van der Waals surface area (Å²) in [5.41, 5.74) is 0. The van der Waals surface area contributed by atoms with Gasteiger partial charge in [-0.25, -0.2) is 0 Å². The largest absolute Gasteiger partial charge is 0.396 e. The summed E-state index contributed by atoms with van der Waals surface area (Å²) in [7, 11) is 1.63. The molecule has 18 heavy (non-hydrogen) atoms. The molecule has 0 aromatic rings. The molecule has 1 fully saturated rings. The monoisotopic (exact) mass is 258 g/mol. The van der Waals surface area contributed by atoms with E-state index in [0.717, 1.165) is 13.0 Å². The number of ether oxygens (including phenoxy) is 1. The van der Waals surface area contributed by atoms with Gasteiger partial charge in [0.1, 0.15) is 0 Å². The van der Waals surface area contributed by atoms with Gasteiger partial charge in [0.05, 0.1) is 13.2 Å². The highest BCUT2D eigenvalue weighted by atomic mass is 16.5. The van der Waals surface area contributed by atoms with Gasteiger partial charge in [-0.1, -0.05) is 6.42 Å². The number of aliphatic hydroxyl groups excluding tert-OH is 1. The Labute approximate surface area is 109 Å². The van der Waals surface area contributed by atoms with Crippen LogP contribution in [0.5, 0.6) is 0 Å². The molecule has 1 atom stereocenters. The normalized spacial score (nSPS) is 17.6. The zero-order chi connectivity index (χ0) is 13.4. The van der Waals surface area contributed by atoms with E-state index in [-0.39, 0.29) is 18.6 Å². The van der Waals surface area contributed by atoms with Crippen molar-refractivity contribution in [1.29, 1.82) is 0 Å². The van der Waals surface area contributed by atoms with Gasteiger partial charge in [-0.15, -0.1) is 0 Å². The number of nitrogens with one attached hydrogen (secondary N) is 1. The summed E-state index contributed by atoms with van der Waals surface area (Å²) in [6.45, 7) is 3.88. The minimum absolute atomic E-state index is 0.0450. The topological polar surface area (TPSA) is 61.8 Å². The molecule has 1 saturated carbocycles. The van der Waals surface area contributed by atoms with Crippen LogP contribution in [-0.2, 0) is 9.53 Å². The summed E-state index contributed by atoms with van der Waals surface area (Å²) in [5, 5.41) is 11.8. The van der Waals surface area contributed by atoms with Crippen LogP contribution in [-0.4, -0.2) is 61.4 Å². The number of methoxy groups -OCH3 is 1. The van der Waals surface area contributed by atoms with E-state index in [0.29, 0.717) is 19.2 Å². The Hall–Kier alpha value is -0.650. The van der Waals surface area contributed by atoms with Crippen molar-refractivity contribution in [3.63, 3.8) is 0 Å². The van der Waals surface area contributed by atoms with Crippen molar-refractivity contribution >= 4 is 5.91 Å². The molecule has 5 nitrogen and oxygen atoms in total. The molecule has 0 saturated heterocycles. The molecule has 2 N–H and O–H groups in total. The minimum atomic E-state index is 0.0450. The Kier molecular flexibility index (Phi) is 7.23. The summed E-state index contributed by atoms with van der Waals surface area (Å²) >= 11 is 0. The molecule has 5 heteroatoms. The van der Waals surface area contributed by atoms with E-state index in [9.17, 15) is 4.79 Å². The fourth-order valence-electron chi connectivity index (χ4n) is 2.21. The van der Waals surface area contributed by atoms with Crippen LogP contribution in [0.15, 0.2) is 0 Å². The van der Waals surface area contributed by atoms with Crippen molar-refractivity contribution in [2.24, 2.45) is 0 Å². The van der Waals surface area contributed by atoms with Crippen LogP contribution in [0.3, 0.4) is 0 Å². The first-order valence-corrected chi connectivity index (χ1v) is 6.80. The average Bonchev–Trinajstić information content (AvgIpc) is 2.23. The molecule has 0 heterocycles. The van der Waals surface area contributed by atoms with Crippen LogP contribution < -0.4 is 5.32 Å².